The van der Waals surface area contributed by atoms with E-state index in [1.807, 2.05) is 53.9 Å². The van der Waals surface area contributed by atoms with Crippen LogP contribution in [0.1, 0.15) is 63.8 Å². The highest BCUT2D eigenvalue weighted by Crippen LogP contribution is 2.41. The SMILES string of the molecule is O=C(OC1CCN(CCCn2nnc3cc(CNC[C@H](O)c4ccc(O)c5[nH]c(=O)ccc45)c4c(c32)CCC4)CC1)[C@@](O)(c1cccs1)c1ccc(-c2ccccc2)s1. The molecule has 5 N–H and O–H groups in total. The lowest BCUT2D eigenvalue weighted by atomic mass is 9.99. The van der Waals surface area contributed by atoms with Gasteiger partial charge in [0.25, 0.3) is 0 Å². The van der Waals surface area contributed by atoms with Gasteiger partial charge in [-0.2, -0.15) is 0 Å². The lowest BCUT2D eigenvalue weighted by molar-refractivity contribution is -0.169. The van der Waals surface area contributed by atoms with Crippen molar-refractivity contribution in [2.75, 3.05) is 26.2 Å². The van der Waals surface area contributed by atoms with E-state index in [9.17, 15) is 24.9 Å². The average Bonchev–Trinajstić information content (AvgIpc) is 4.10. The zero-order chi connectivity index (χ0) is 40.5. The van der Waals surface area contributed by atoms with E-state index in [1.54, 1.807) is 18.2 Å². The van der Waals surface area contributed by atoms with Crippen molar-refractivity contribution in [2.45, 2.75) is 69.4 Å². The Morgan fingerprint density at radius 2 is 1.81 bits per heavy atom. The van der Waals surface area contributed by atoms with Gasteiger partial charge in [-0.1, -0.05) is 47.7 Å². The van der Waals surface area contributed by atoms with Gasteiger partial charge in [-0.15, -0.1) is 27.8 Å². The van der Waals surface area contributed by atoms with Crippen LogP contribution in [0.2, 0.25) is 0 Å². The van der Waals surface area contributed by atoms with E-state index in [4.69, 9.17) is 4.74 Å². The van der Waals surface area contributed by atoms with Gasteiger partial charge in [0.1, 0.15) is 17.4 Å². The number of thiophene rings is 2. The first-order valence-corrected chi connectivity index (χ1v) is 21.9. The number of aromatic hydroxyl groups is 1. The second kappa shape index (κ2) is 16.8. The molecule has 0 unspecified atom stereocenters. The number of aliphatic hydroxyl groups is 2. The van der Waals surface area contributed by atoms with Crippen molar-refractivity contribution in [2.24, 2.45) is 0 Å². The first-order valence-electron chi connectivity index (χ1n) is 20.2. The van der Waals surface area contributed by atoms with Gasteiger partial charge in [-0.05, 0) is 115 Å². The number of pyridine rings is 1. The monoisotopic (exact) mass is 830 g/mol. The summed E-state index contributed by atoms with van der Waals surface area (Å²) in [5.41, 5.74) is 5.58. The zero-order valence-corrected chi connectivity index (χ0v) is 34.1. The second-order valence-electron chi connectivity index (χ2n) is 15.5. The van der Waals surface area contributed by atoms with Gasteiger partial charge in [0.2, 0.25) is 11.2 Å². The summed E-state index contributed by atoms with van der Waals surface area (Å²) in [5.74, 6) is -0.656. The molecule has 0 bridgehead atoms. The number of aryl methyl sites for hydroxylation is 2. The van der Waals surface area contributed by atoms with Crippen molar-refractivity contribution in [1.29, 1.82) is 0 Å². The number of likely N-dealkylation sites (tertiary alicyclic amines) is 1. The Labute approximate surface area is 348 Å². The topological polar surface area (TPSA) is 166 Å². The summed E-state index contributed by atoms with van der Waals surface area (Å²) in [5, 5.41) is 48.4. The molecule has 1 fully saturated rings. The van der Waals surface area contributed by atoms with Crippen LogP contribution in [0, 0.1) is 0 Å². The Morgan fingerprint density at radius 3 is 2.63 bits per heavy atom. The van der Waals surface area contributed by atoms with Crippen LogP contribution in [0.15, 0.2) is 95.1 Å². The molecule has 0 radical (unpaired) electrons. The number of esters is 1. The van der Waals surface area contributed by atoms with Crippen molar-refractivity contribution in [1.82, 2.24) is 30.2 Å². The third-order valence-electron chi connectivity index (χ3n) is 11.7. The van der Waals surface area contributed by atoms with Crippen LogP contribution in [0.25, 0.3) is 32.4 Å². The highest BCUT2D eigenvalue weighted by molar-refractivity contribution is 7.16. The summed E-state index contributed by atoms with van der Waals surface area (Å²) in [4.78, 5) is 32.8. The number of aliphatic hydroxyl groups excluding tert-OH is 1. The number of hydrogen-bond donors (Lipinski definition) is 5. The zero-order valence-electron chi connectivity index (χ0n) is 32.5. The highest BCUT2D eigenvalue weighted by Gasteiger charge is 2.45. The van der Waals surface area contributed by atoms with E-state index in [0.717, 1.165) is 78.9 Å². The lowest BCUT2D eigenvalue weighted by Crippen LogP contribution is -2.43. The number of ether oxygens (including phenoxy) is 1. The molecule has 7 aromatic rings. The van der Waals surface area contributed by atoms with Gasteiger partial charge in [0, 0.05) is 49.1 Å². The molecule has 304 valence electrons. The number of hydrogen-bond acceptors (Lipinski definition) is 12. The van der Waals surface area contributed by atoms with Crippen molar-refractivity contribution in [3.63, 3.8) is 0 Å². The quantitative estimate of drug-likeness (QED) is 0.0774. The molecule has 1 saturated heterocycles. The fourth-order valence-corrected chi connectivity index (χ4v) is 10.7. The van der Waals surface area contributed by atoms with Crippen molar-refractivity contribution in [3.8, 4) is 16.2 Å². The van der Waals surface area contributed by atoms with Gasteiger partial charge in [-0.3, -0.25) is 4.79 Å². The number of carbonyl (C=O) groups excluding carboxylic acids is 1. The van der Waals surface area contributed by atoms with Gasteiger partial charge in [-0.25, -0.2) is 9.48 Å². The maximum absolute atomic E-state index is 13.8. The van der Waals surface area contributed by atoms with Gasteiger partial charge in [0.15, 0.2) is 0 Å². The normalized spacial score (nSPS) is 16.4. The summed E-state index contributed by atoms with van der Waals surface area (Å²) < 4.78 is 8.13. The number of aromatic amines is 1. The number of rotatable bonds is 14. The maximum atomic E-state index is 13.8. The predicted octanol–water partition coefficient (Wildman–Crippen LogP) is 6.41. The molecule has 0 spiro atoms. The molecule has 9 rings (SSSR count). The number of H-pyrrole nitrogens is 1. The van der Waals surface area contributed by atoms with Gasteiger partial charge in [0.05, 0.1) is 26.9 Å². The number of carbonyl (C=O) groups is 1. The summed E-state index contributed by atoms with van der Waals surface area (Å²) in [6.45, 7) is 4.09. The number of phenolic OH excluding ortho intramolecular Hbond substituents is 1. The van der Waals surface area contributed by atoms with E-state index in [2.05, 4.69) is 36.3 Å². The minimum Gasteiger partial charge on any atom is -0.506 e. The Morgan fingerprint density at radius 1 is 0.983 bits per heavy atom. The third-order valence-corrected chi connectivity index (χ3v) is 14.0. The van der Waals surface area contributed by atoms with Crippen LogP contribution in [0.5, 0.6) is 5.75 Å². The number of nitrogens with one attached hydrogen (secondary N) is 2. The molecule has 2 atom stereocenters. The van der Waals surface area contributed by atoms with Gasteiger partial charge < -0.3 is 35.3 Å². The first-order chi connectivity index (χ1) is 28.8. The molecule has 4 aromatic heterocycles. The Balaban J connectivity index is 0.789. The Hall–Kier alpha value is -5.22. The molecule has 59 heavy (non-hydrogen) atoms. The summed E-state index contributed by atoms with van der Waals surface area (Å²) in [7, 11) is 0. The van der Waals surface area contributed by atoms with Crippen molar-refractivity contribution < 1.29 is 24.9 Å². The van der Waals surface area contributed by atoms with Crippen LogP contribution in [-0.2, 0) is 41.1 Å². The van der Waals surface area contributed by atoms with E-state index in [-0.39, 0.29) is 17.4 Å². The molecule has 0 saturated carbocycles. The summed E-state index contributed by atoms with van der Waals surface area (Å²) in [6, 6.07) is 25.7. The molecule has 1 aliphatic carbocycles. The molecular weight excluding hydrogens is 785 g/mol. The summed E-state index contributed by atoms with van der Waals surface area (Å²) in [6.07, 6.45) is 4.22. The fourth-order valence-electron chi connectivity index (χ4n) is 8.69. The van der Waals surface area contributed by atoms with E-state index in [1.165, 1.54) is 45.9 Å². The lowest BCUT2D eigenvalue weighted by Gasteiger charge is -2.33. The smallest absolute Gasteiger partial charge is 0.349 e. The number of piperidine rings is 1. The molecular formula is C45H46N6O6S2. The van der Waals surface area contributed by atoms with Crippen LogP contribution in [0.3, 0.4) is 0 Å². The molecule has 1 aliphatic heterocycles. The molecule has 14 heteroatoms. The number of aromatic nitrogens is 4. The number of benzene rings is 3. The minimum absolute atomic E-state index is 0.0349. The van der Waals surface area contributed by atoms with Crippen LogP contribution < -0.4 is 10.9 Å². The number of fused-ring (bicyclic) bond motifs is 4. The summed E-state index contributed by atoms with van der Waals surface area (Å²) >= 11 is 2.76. The predicted molar refractivity (Wildman–Crippen MR) is 230 cm³/mol. The second-order valence-corrected chi connectivity index (χ2v) is 17.5. The van der Waals surface area contributed by atoms with E-state index < -0.39 is 17.7 Å². The van der Waals surface area contributed by atoms with Crippen molar-refractivity contribution in [3.05, 3.63) is 133 Å². The largest absolute Gasteiger partial charge is 0.506 e. The number of phenols is 1. The Bertz CT molecular complexity index is 2650. The fraction of sp³-hybridized carbons (Fsp3) is 0.333. The van der Waals surface area contributed by atoms with Crippen LogP contribution >= 0.6 is 22.7 Å². The molecule has 5 heterocycles. The van der Waals surface area contributed by atoms with Crippen LogP contribution in [-0.4, -0.2) is 78.4 Å². The minimum atomic E-state index is -1.86. The molecule has 12 nitrogen and oxygen atoms in total. The number of nitrogens with zero attached hydrogens (tertiary/aromatic N) is 4. The third kappa shape index (κ3) is 7.84. The molecule has 3 aromatic carbocycles. The molecule has 0 amide bonds. The average molecular weight is 831 g/mol. The molecule has 2 aliphatic rings. The first kappa shape index (κ1) is 39.3. The highest BCUT2D eigenvalue weighted by atomic mass is 32.1. The van der Waals surface area contributed by atoms with E-state index >= 15 is 0 Å². The van der Waals surface area contributed by atoms with Crippen LogP contribution in [0.4, 0.5) is 0 Å². The standard InChI is InChI=1S/C45H46N6O6S2/c52-36-14-12-32(33-13-17-41(54)47-42(33)36)37(53)27-46-26-29-25-35-43(34-10-4-9-31(29)34)51(49-48-35)21-6-20-50-22-18-30(19-23-50)57-44(55)45(56,39-11-5-24-58-39)40-16-15-38(59-40)28-7-2-1-3-8-28/h1-3,5,7-8,11-17,24-25,30,37,46,52-53,56H,4,6,9-10,18-23,26-27H2,(H,47,54)/t37-,45+/m0/s1. The maximum Gasteiger partial charge on any atom is 0.349 e. The Kier molecular flexibility index (Phi) is 11.2. The van der Waals surface area contributed by atoms with Gasteiger partial charge >= 0.3 is 5.97 Å². The van der Waals surface area contributed by atoms with E-state index in [0.29, 0.717) is 52.2 Å². The van der Waals surface area contributed by atoms with Crippen molar-refractivity contribution >= 4 is 50.6 Å².